The van der Waals surface area contributed by atoms with Crippen LogP contribution in [0.4, 0.5) is 0 Å². The number of hydrogen-bond acceptors (Lipinski definition) is 3. The van der Waals surface area contributed by atoms with Crippen LogP contribution in [0.5, 0.6) is 0 Å². The van der Waals surface area contributed by atoms with Gasteiger partial charge in [-0.1, -0.05) is 42.5 Å². The number of ether oxygens (including phenoxy) is 1. The molecule has 0 radical (unpaired) electrons. The molecule has 4 heteroatoms. The molecule has 25 heavy (non-hydrogen) atoms. The monoisotopic (exact) mass is 338 g/mol. The van der Waals surface area contributed by atoms with Crippen LogP contribution in [-0.2, 0) is 17.8 Å². The van der Waals surface area contributed by atoms with Gasteiger partial charge in [0.15, 0.2) is 0 Å². The van der Waals surface area contributed by atoms with Gasteiger partial charge in [-0.25, -0.2) is 0 Å². The number of nitrogens with zero attached hydrogens (tertiary/aromatic N) is 1. The van der Waals surface area contributed by atoms with Gasteiger partial charge in [0.05, 0.1) is 0 Å². The molecule has 0 bridgehead atoms. The average molecular weight is 338 g/mol. The largest absolute Gasteiger partial charge is 0.381 e. The van der Waals surface area contributed by atoms with Gasteiger partial charge in [0, 0.05) is 38.4 Å². The van der Waals surface area contributed by atoms with Gasteiger partial charge in [0.2, 0.25) is 0 Å². The molecular weight excluding hydrogens is 312 g/mol. The molecule has 132 valence electrons. The topological polar surface area (TPSA) is 55.6 Å². The fourth-order valence-corrected chi connectivity index (χ4v) is 3.23. The van der Waals surface area contributed by atoms with Crippen molar-refractivity contribution >= 4 is 5.91 Å². The molecular formula is C21H26N2O2. The summed E-state index contributed by atoms with van der Waals surface area (Å²) >= 11 is 0. The van der Waals surface area contributed by atoms with Crippen LogP contribution >= 0.6 is 0 Å². The van der Waals surface area contributed by atoms with Crippen molar-refractivity contribution in [1.82, 2.24) is 4.90 Å². The van der Waals surface area contributed by atoms with Gasteiger partial charge < -0.3 is 15.4 Å². The number of carbonyl (C=O) groups is 1. The Bertz CT molecular complexity index is 664. The highest BCUT2D eigenvalue weighted by atomic mass is 16.5. The highest BCUT2D eigenvalue weighted by molar-refractivity contribution is 5.94. The standard InChI is InChI=1S/C21H26N2O2/c22-14-17-6-8-20(9-7-17)21(24)23(15-18-4-2-1-3-5-18)16-19-10-12-25-13-11-19/h1-9,19H,10-16,22H2. The molecule has 0 aromatic heterocycles. The van der Waals surface area contributed by atoms with Crippen molar-refractivity contribution in [3.63, 3.8) is 0 Å². The molecule has 2 aromatic carbocycles. The van der Waals surface area contributed by atoms with Crippen molar-refractivity contribution in [3.8, 4) is 0 Å². The molecule has 1 amide bonds. The maximum Gasteiger partial charge on any atom is 0.254 e. The molecule has 1 saturated heterocycles. The summed E-state index contributed by atoms with van der Waals surface area (Å²) in [6.07, 6.45) is 2.04. The van der Waals surface area contributed by atoms with Crippen LogP contribution in [0.1, 0.15) is 34.3 Å². The van der Waals surface area contributed by atoms with E-state index in [0.717, 1.165) is 49.3 Å². The summed E-state index contributed by atoms with van der Waals surface area (Å²) in [7, 11) is 0. The van der Waals surface area contributed by atoms with Gasteiger partial charge in [-0.05, 0) is 42.0 Å². The van der Waals surface area contributed by atoms with Crippen LogP contribution in [0.2, 0.25) is 0 Å². The summed E-state index contributed by atoms with van der Waals surface area (Å²) in [5, 5.41) is 0. The van der Waals surface area contributed by atoms with Gasteiger partial charge in [-0.3, -0.25) is 4.79 Å². The summed E-state index contributed by atoms with van der Waals surface area (Å²) in [6, 6.07) is 17.8. The fraction of sp³-hybridized carbons (Fsp3) is 0.381. The maximum atomic E-state index is 13.1. The SMILES string of the molecule is NCc1ccc(C(=O)N(Cc2ccccc2)CC2CCOCC2)cc1. The summed E-state index contributed by atoms with van der Waals surface area (Å²) in [5.41, 5.74) is 8.57. The quantitative estimate of drug-likeness (QED) is 0.880. The Kier molecular flexibility index (Phi) is 6.20. The summed E-state index contributed by atoms with van der Waals surface area (Å²) in [4.78, 5) is 15.1. The van der Waals surface area contributed by atoms with E-state index in [9.17, 15) is 4.79 Å². The Hall–Kier alpha value is -2.17. The van der Waals surface area contributed by atoms with Crippen molar-refractivity contribution in [2.75, 3.05) is 19.8 Å². The van der Waals surface area contributed by atoms with Crippen molar-refractivity contribution in [1.29, 1.82) is 0 Å². The number of nitrogens with two attached hydrogens (primary N) is 1. The third kappa shape index (κ3) is 4.91. The molecule has 0 saturated carbocycles. The van der Waals surface area contributed by atoms with Crippen molar-refractivity contribution in [3.05, 3.63) is 71.3 Å². The Morgan fingerprint density at radius 1 is 1.00 bits per heavy atom. The molecule has 2 N–H and O–H groups in total. The van der Waals surface area contributed by atoms with Gasteiger partial charge in [-0.15, -0.1) is 0 Å². The fourth-order valence-electron chi connectivity index (χ4n) is 3.23. The summed E-state index contributed by atoms with van der Waals surface area (Å²) in [5.74, 6) is 0.587. The van der Waals surface area contributed by atoms with Gasteiger partial charge in [0.1, 0.15) is 0 Å². The molecule has 1 heterocycles. The van der Waals surface area contributed by atoms with Crippen molar-refractivity contribution in [2.24, 2.45) is 11.7 Å². The number of rotatable bonds is 6. The first-order valence-corrected chi connectivity index (χ1v) is 8.96. The zero-order chi connectivity index (χ0) is 17.5. The second-order valence-electron chi connectivity index (χ2n) is 6.63. The van der Waals surface area contributed by atoms with Crippen molar-refractivity contribution < 1.29 is 9.53 Å². The van der Waals surface area contributed by atoms with Crippen LogP contribution < -0.4 is 5.73 Å². The zero-order valence-electron chi connectivity index (χ0n) is 14.6. The molecule has 2 aromatic rings. The normalized spacial score (nSPS) is 15.1. The average Bonchev–Trinajstić information content (AvgIpc) is 2.68. The first-order chi connectivity index (χ1) is 12.3. The lowest BCUT2D eigenvalue weighted by Crippen LogP contribution is -2.36. The molecule has 3 rings (SSSR count). The third-order valence-corrected chi connectivity index (χ3v) is 4.76. The summed E-state index contributed by atoms with van der Waals surface area (Å²) in [6.45, 7) is 3.49. The van der Waals surface area contributed by atoms with Gasteiger partial charge in [0.25, 0.3) is 5.91 Å². The Labute approximate surface area is 149 Å². The minimum Gasteiger partial charge on any atom is -0.381 e. The molecule has 0 aliphatic carbocycles. The van der Waals surface area contributed by atoms with Gasteiger partial charge in [-0.2, -0.15) is 0 Å². The molecule has 1 aliphatic rings. The smallest absolute Gasteiger partial charge is 0.254 e. The number of benzene rings is 2. The lowest BCUT2D eigenvalue weighted by molar-refractivity contribution is 0.0446. The maximum absolute atomic E-state index is 13.1. The second kappa shape index (κ2) is 8.79. The second-order valence-corrected chi connectivity index (χ2v) is 6.63. The highest BCUT2D eigenvalue weighted by Gasteiger charge is 2.22. The summed E-state index contributed by atoms with van der Waals surface area (Å²) < 4.78 is 5.45. The highest BCUT2D eigenvalue weighted by Crippen LogP contribution is 2.19. The van der Waals surface area contributed by atoms with E-state index in [0.29, 0.717) is 19.0 Å². The minimum absolute atomic E-state index is 0.0823. The van der Waals surface area contributed by atoms with E-state index in [1.54, 1.807) is 0 Å². The molecule has 0 spiro atoms. The molecule has 1 aliphatic heterocycles. The van der Waals surface area contributed by atoms with Crippen LogP contribution in [0.25, 0.3) is 0 Å². The van der Waals surface area contributed by atoms with Crippen LogP contribution in [-0.4, -0.2) is 30.6 Å². The zero-order valence-corrected chi connectivity index (χ0v) is 14.6. The Balaban J connectivity index is 1.76. The predicted molar refractivity (Wildman–Crippen MR) is 99.1 cm³/mol. The first kappa shape index (κ1) is 17.6. The first-order valence-electron chi connectivity index (χ1n) is 8.96. The molecule has 4 nitrogen and oxygen atoms in total. The van der Waals surface area contributed by atoms with E-state index in [4.69, 9.17) is 10.5 Å². The van der Waals surface area contributed by atoms with E-state index in [2.05, 4.69) is 12.1 Å². The van der Waals surface area contributed by atoms with E-state index >= 15 is 0 Å². The third-order valence-electron chi connectivity index (χ3n) is 4.76. The lowest BCUT2D eigenvalue weighted by atomic mass is 9.98. The lowest BCUT2D eigenvalue weighted by Gasteiger charge is -2.30. The molecule has 0 atom stereocenters. The minimum atomic E-state index is 0.0823. The van der Waals surface area contributed by atoms with E-state index in [1.807, 2.05) is 47.4 Å². The number of amides is 1. The van der Waals surface area contributed by atoms with E-state index < -0.39 is 0 Å². The van der Waals surface area contributed by atoms with E-state index in [1.165, 1.54) is 0 Å². The van der Waals surface area contributed by atoms with E-state index in [-0.39, 0.29) is 5.91 Å². The molecule has 0 unspecified atom stereocenters. The van der Waals surface area contributed by atoms with Gasteiger partial charge >= 0.3 is 0 Å². The number of carbonyl (C=O) groups excluding carboxylic acids is 1. The molecule has 1 fully saturated rings. The predicted octanol–water partition coefficient (Wildman–Crippen LogP) is 3.21. The Morgan fingerprint density at radius 2 is 1.68 bits per heavy atom. The van der Waals surface area contributed by atoms with Crippen LogP contribution in [0, 0.1) is 5.92 Å². The van der Waals surface area contributed by atoms with Crippen LogP contribution in [0.15, 0.2) is 54.6 Å². The number of hydrogen-bond donors (Lipinski definition) is 1. The Morgan fingerprint density at radius 3 is 2.32 bits per heavy atom. The van der Waals surface area contributed by atoms with Crippen LogP contribution in [0.3, 0.4) is 0 Å². The van der Waals surface area contributed by atoms with Crippen molar-refractivity contribution in [2.45, 2.75) is 25.9 Å².